The molecule has 0 unspecified atom stereocenters. The van der Waals surface area contributed by atoms with Crippen LogP contribution in [0.3, 0.4) is 0 Å². The van der Waals surface area contributed by atoms with Crippen molar-refractivity contribution in [3.63, 3.8) is 0 Å². The molecule has 0 fully saturated rings. The van der Waals surface area contributed by atoms with E-state index in [0.717, 1.165) is 12.0 Å². The quantitative estimate of drug-likeness (QED) is 0.844. The van der Waals surface area contributed by atoms with Crippen LogP contribution in [0.25, 0.3) is 0 Å². The van der Waals surface area contributed by atoms with Gasteiger partial charge in [0.05, 0.1) is 18.1 Å². The van der Waals surface area contributed by atoms with E-state index in [9.17, 15) is 10.1 Å². The minimum Gasteiger partial charge on any atom is -0.463 e. The molecular formula is C18H20N2O3. The van der Waals surface area contributed by atoms with Crippen LogP contribution in [-0.4, -0.2) is 12.6 Å². The third-order valence-electron chi connectivity index (χ3n) is 3.60. The van der Waals surface area contributed by atoms with Crippen LogP contribution in [0.2, 0.25) is 0 Å². The van der Waals surface area contributed by atoms with E-state index in [1.54, 1.807) is 6.92 Å². The number of carbonyl (C=O) groups excluding carboxylic acids is 1. The standard InChI is InChI=1S/C18H20N2O3/c1-3-8-14-16(18(21)22-4-2)15(12-9-6-5-7-10-12)13(11-19)17(20)23-14/h5-7,9-10,15H,3-4,8,20H2,1-2H3/t15-/m1/s1. The third kappa shape index (κ3) is 3.37. The van der Waals surface area contributed by atoms with Crippen molar-refractivity contribution in [1.82, 2.24) is 0 Å². The molecule has 1 heterocycles. The smallest absolute Gasteiger partial charge is 0.338 e. The van der Waals surface area contributed by atoms with Crippen LogP contribution in [0.1, 0.15) is 38.2 Å². The Morgan fingerprint density at radius 2 is 2.04 bits per heavy atom. The number of esters is 1. The molecule has 0 spiro atoms. The molecule has 0 saturated heterocycles. The van der Waals surface area contributed by atoms with E-state index >= 15 is 0 Å². The molecule has 1 aliphatic heterocycles. The van der Waals surface area contributed by atoms with Crippen LogP contribution in [0.5, 0.6) is 0 Å². The van der Waals surface area contributed by atoms with Crippen molar-refractivity contribution < 1.29 is 14.3 Å². The zero-order valence-corrected chi connectivity index (χ0v) is 13.3. The Balaban J connectivity index is 2.62. The number of rotatable bonds is 5. The summed E-state index contributed by atoms with van der Waals surface area (Å²) in [7, 11) is 0. The van der Waals surface area contributed by atoms with Gasteiger partial charge in [0.1, 0.15) is 17.4 Å². The summed E-state index contributed by atoms with van der Waals surface area (Å²) in [6.07, 6.45) is 1.34. The van der Waals surface area contributed by atoms with Crippen molar-refractivity contribution in [2.45, 2.75) is 32.6 Å². The lowest BCUT2D eigenvalue weighted by Crippen LogP contribution is -2.26. The van der Waals surface area contributed by atoms with E-state index in [-0.39, 0.29) is 18.1 Å². The molecule has 1 atom stereocenters. The van der Waals surface area contributed by atoms with Crippen molar-refractivity contribution in [1.29, 1.82) is 5.26 Å². The molecule has 0 aliphatic carbocycles. The van der Waals surface area contributed by atoms with Crippen molar-refractivity contribution in [2.24, 2.45) is 5.73 Å². The number of nitrogens with two attached hydrogens (primary N) is 1. The van der Waals surface area contributed by atoms with Gasteiger partial charge in [0, 0.05) is 6.42 Å². The topological polar surface area (TPSA) is 85.3 Å². The highest BCUT2D eigenvalue weighted by molar-refractivity contribution is 5.92. The Morgan fingerprint density at radius 3 is 2.61 bits per heavy atom. The van der Waals surface area contributed by atoms with Gasteiger partial charge < -0.3 is 15.2 Å². The van der Waals surface area contributed by atoms with Crippen LogP contribution < -0.4 is 5.73 Å². The van der Waals surface area contributed by atoms with Gasteiger partial charge in [-0.05, 0) is 18.9 Å². The summed E-state index contributed by atoms with van der Waals surface area (Å²) in [5.74, 6) is -0.491. The van der Waals surface area contributed by atoms with Crippen LogP contribution in [-0.2, 0) is 14.3 Å². The predicted octanol–water partition coefficient (Wildman–Crippen LogP) is 3.11. The van der Waals surface area contributed by atoms with Gasteiger partial charge in [-0.3, -0.25) is 0 Å². The highest BCUT2D eigenvalue weighted by Crippen LogP contribution is 2.40. The lowest BCUT2D eigenvalue weighted by Gasteiger charge is -2.28. The van der Waals surface area contributed by atoms with Gasteiger partial charge in [0.15, 0.2) is 0 Å². The second-order valence-electron chi connectivity index (χ2n) is 5.14. The molecule has 0 saturated carbocycles. The normalized spacial score (nSPS) is 17.5. The molecule has 2 rings (SSSR count). The Hall–Kier alpha value is -2.74. The van der Waals surface area contributed by atoms with E-state index in [1.807, 2.05) is 37.3 Å². The minimum absolute atomic E-state index is 0.0536. The van der Waals surface area contributed by atoms with E-state index in [0.29, 0.717) is 17.8 Å². The molecule has 1 aliphatic rings. The molecule has 5 nitrogen and oxygen atoms in total. The second-order valence-corrected chi connectivity index (χ2v) is 5.14. The first kappa shape index (κ1) is 16.6. The fourth-order valence-corrected chi connectivity index (χ4v) is 2.64. The van der Waals surface area contributed by atoms with Crippen molar-refractivity contribution in [3.8, 4) is 6.07 Å². The maximum absolute atomic E-state index is 12.5. The molecule has 120 valence electrons. The summed E-state index contributed by atoms with van der Waals surface area (Å²) in [6.45, 7) is 3.98. The molecule has 0 radical (unpaired) electrons. The average Bonchev–Trinajstić information content (AvgIpc) is 2.55. The minimum atomic E-state index is -0.560. The monoisotopic (exact) mass is 312 g/mol. The maximum Gasteiger partial charge on any atom is 0.338 e. The number of nitriles is 1. The SMILES string of the molecule is CCCC1=C(C(=O)OCC)[C@H](c2ccccc2)C(C#N)=C(N)O1. The van der Waals surface area contributed by atoms with E-state index < -0.39 is 11.9 Å². The van der Waals surface area contributed by atoms with Crippen LogP contribution in [0.4, 0.5) is 0 Å². The third-order valence-corrected chi connectivity index (χ3v) is 3.60. The number of allylic oxidation sites excluding steroid dienone is 2. The first-order chi connectivity index (χ1) is 11.1. The first-order valence-corrected chi connectivity index (χ1v) is 7.66. The molecular weight excluding hydrogens is 292 g/mol. The Morgan fingerprint density at radius 1 is 1.35 bits per heavy atom. The summed E-state index contributed by atoms with van der Waals surface area (Å²) in [4.78, 5) is 12.5. The number of benzene rings is 1. The summed E-state index contributed by atoms with van der Waals surface area (Å²) in [6, 6.07) is 11.4. The van der Waals surface area contributed by atoms with Gasteiger partial charge in [-0.25, -0.2) is 4.79 Å². The lowest BCUT2D eigenvalue weighted by molar-refractivity contribution is -0.139. The van der Waals surface area contributed by atoms with E-state index in [1.165, 1.54) is 0 Å². The summed E-state index contributed by atoms with van der Waals surface area (Å²) < 4.78 is 10.8. The number of carbonyl (C=O) groups is 1. The van der Waals surface area contributed by atoms with Gasteiger partial charge in [0.25, 0.3) is 0 Å². The Bertz CT molecular complexity index is 684. The highest BCUT2D eigenvalue weighted by atomic mass is 16.5. The Kier molecular flexibility index (Phi) is 5.42. The van der Waals surface area contributed by atoms with Crippen molar-refractivity contribution in [3.05, 3.63) is 58.7 Å². The Labute approximate surface area is 136 Å². The number of ether oxygens (including phenoxy) is 2. The summed E-state index contributed by atoms with van der Waals surface area (Å²) in [5.41, 5.74) is 7.34. The molecule has 5 heteroatoms. The fourth-order valence-electron chi connectivity index (χ4n) is 2.64. The van der Waals surface area contributed by atoms with Gasteiger partial charge >= 0.3 is 5.97 Å². The molecule has 0 aromatic heterocycles. The van der Waals surface area contributed by atoms with Crippen molar-refractivity contribution >= 4 is 5.97 Å². The molecule has 1 aromatic rings. The molecule has 1 aromatic carbocycles. The summed E-state index contributed by atoms with van der Waals surface area (Å²) in [5, 5.41) is 9.50. The van der Waals surface area contributed by atoms with Crippen LogP contribution >= 0.6 is 0 Å². The molecule has 2 N–H and O–H groups in total. The van der Waals surface area contributed by atoms with E-state index in [2.05, 4.69) is 6.07 Å². The maximum atomic E-state index is 12.5. The number of hydrogen-bond acceptors (Lipinski definition) is 5. The van der Waals surface area contributed by atoms with Crippen LogP contribution in [0.15, 0.2) is 53.1 Å². The second kappa shape index (κ2) is 7.50. The molecule has 23 heavy (non-hydrogen) atoms. The number of nitrogens with zero attached hydrogens (tertiary/aromatic N) is 1. The van der Waals surface area contributed by atoms with E-state index in [4.69, 9.17) is 15.2 Å². The van der Waals surface area contributed by atoms with Gasteiger partial charge in [0.2, 0.25) is 5.88 Å². The van der Waals surface area contributed by atoms with Gasteiger partial charge in [-0.15, -0.1) is 0 Å². The van der Waals surface area contributed by atoms with Gasteiger partial charge in [-0.1, -0.05) is 37.3 Å². The first-order valence-electron chi connectivity index (χ1n) is 7.66. The zero-order chi connectivity index (χ0) is 16.8. The van der Waals surface area contributed by atoms with Crippen molar-refractivity contribution in [2.75, 3.05) is 6.61 Å². The molecule has 0 amide bonds. The lowest BCUT2D eigenvalue weighted by atomic mass is 9.82. The van der Waals surface area contributed by atoms with Gasteiger partial charge in [-0.2, -0.15) is 5.26 Å². The average molecular weight is 312 g/mol. The predicted molar refractivity (Wildman–Crippen MR) is 85.7 cm³/mol. The highest BCUT2D eigenvalue weighted by Gasteiger charge is 2.37. The fraction of sp³-hybridized carbons (Fsp3) is 0.333. The molecule has 0 bridgehead atoms. The summed E-state index contributed by atoms with van der Waals surface area (Å²) >= 11 is 0. The van der Waals surface area contributed by atoms with Crippen LogP contribution in [0, 0.1) is 11.3 Å². The largest absolute Gasteiger partial charge is 0.463 e. The zero-order valence-electron chi connectivity index (χ0n) is 13.3. The number of hydrogen-bond donors (Lipinski definition) is 1.